The van der Waals surface area contributed by atoms with Crippen LogP contribution in [0.15, 0.2) is 48.1 Å². The minimum atomic E-state index is 0.424. The van der Waals surface area contributed by atoms with Gasteiger partial charge in [0.25, 0.3) is 0 Å². The SMILES string of the molecule is CCCC1(CCC)C=CC2=C(CCc3c2ccc2cc(C)ccc32)C1. The highest BCUT2D eigenvalue weighted by atomic mass is 14.4. The third-order valence-corrected chi connectivity index (χ3v) is 6.30. The van der Waals surface area contributed by atoms with Crippen LogP contribution in [0.3, 0.4) is 0 Å². The summed E-state index contributed by atoms with van der Waals surface area (Å²) >= 11 is 0. The molecular formula is C25H30. The fourth-order valence-electron chi connectivity index (χ4n) is 5.24. The van der Waals surface area contributed by atoms with Gasteiger partial charge in [-0.25, -0.2) is 0 Å². The maximum Gasteiger partial charge on any atom is -0.00776 e. The Labute approximate surface area is 152 Å². The number of hydrogen-bond donors (Lipinski definition) is 0. The monoisotopic (exact) mass is 330 g/mol. The van der Waals surface area contributed by atoms with Crippen molar-refractivity contribution in [2.24, 2.45) is 5.41 Å². The average Bonchev–Trinajstić information content (AvgIpc) is 2.61. The van der Waals surface area contributed by atoms with Gasteiger partial charge in [-0.05, 0) is 71.9 Å². The Morgan fingerprint density at radius 3 is 2.52 bits per heavy atom. The summed E-state index contributed by atoms with van der Waals surface area (Å²) in [5.41, 5.74) is 8.09. The van der Waals surface area contributed by atoms with Crippen molar-refractivity contribution in [1.82, 2.24) is 0 Å². The van der Waals surface area contributed by atoms with Crippen molar-refractivity contribution in [1.29, 1.82) is 0 Å². The highest BCUT2D eigenvalue weighted by molar-refractivity contribution is 5.94. The summed E-state index contributed by atoms with van der Waals surface area (Å²) in [6.07, 6.45) is 14.0. The topological polar surface area (TPSA) is 0 Å². The third kappa shape index (κ3) is 2.86. The van der Waals surface area contributed by atoms with E-state index in [4.69, 9.17) is 0 Å². The summed E-state index contributed by atoms with van der Waals surface area (Å²) in [7, 11) is 0. The molecule has 0 N–H and O–H groups in total. The van der Waals surface area contributed by atoms with Gasteiger partial charge in [-0.15, -0.1) is 0 Å². The summed E-state index contributed by atoms with van der Waals surface area (Å²) in [5, 5.41) is 2.86. The van der Waals surface area contributed by atoms with Gasteiger partial charge in [-0.3, -0.25) is 0 Å². The smallest absolute Gasteiger partial charge is 0.00776 e. The lowest BCUT2D eigenvalue weighted by atomic mass is 9.67. The Morgan fingerprint density at radius 2 is 1.76 bits per heavy atom. The molecule has 0 heteroatoms. The first-order valence-electron chi connectivity index (χ1n) is 10.1. The quantitative estimate of drug-likeness (QED) is 0.548. The second kappa shape index (κ2) is 6.48. The molecule has 0 saturated heterocycles. The van der Waals surface area contributed by atoms with Crippen molar-refractivity contribution in [3.8, 4) is 0 Å². The summed E-state index contributed by atoms with van der Waals surface area (Å²) in [4.78, 5) is 0. The molecule has 0 aliphatic heterocycles. The van der Waals surface area contributed by atoms with Crippen molar-refractivity contribution in [2.45, 2.75) is 65.7 Å². The maximum atomic E-state index is 2.56. The number of hydrogen-bond acceptors (Lipinski definition) is 0. The Hall–Kier alpha value is -1.82. The van der Waals surface area contributed by atoms with Gasteiger partial charge in [-0.2, -0.15) is 0 Å². The van der Waals surface area contributed by atoms with Crippen molar-refractivity contribution < 1.29 is 0 Å². The van der Waals surface area contributed by atoms with Gasteiger partial charge in [0.15, 0.2) is 0 Å². The molecular weight excluding hydrogens is 300 g/mol. The van der Waals surface area contributed by atoms with E-state index in [0.29, 0.717) is 5.41 Å². The van der Waals surface area contributed by atoms with Gasteiger partial charge in [-0.1, -0.05) is 80.3 Å². The van der Waals surface area contributed by atoms with E-state index < -0.39 is 0 Å². The van der Waals surface area contributed by atoms with Crippen LogP contribution < -0.4 is 0 Å². The average molecular weight is 331 g/mol. The van der Waals surface area contributed by atoms with E-state index in [1.54, 1.807) is 11.1 Å². The predicted molar refractivity (Wildman–Crippen MR) is 110 cm³/mol. The number of fused-ring (bicyclic) bond motifs is 4. The Balaban J connectivity index is 1.77. The van der Waals surface area contributed by atoms with Crippen molar-refractivity contribution in [2.75, 3.05) is 0 Å². The molecule has 0 spiro atoms. The summed E-state index contributed by atoms with van der Waals surface area (Å²) in [6, 6.07) is 11.6. The molecule has 0 saturated carbocycles. The molecule has 0 bridgehead atoms. The third-order valence-electron chi connectivity index (χ3n) is 6.30. The molecule has 2 aromatic rings. The maximum absolute atomic E-state index is 2.56. The zero-order valence-electron chi connectivity index (χ0n) is 16.0. The first-order valence-corrected chi connectivity index (χ1v) is 10.1. The molecule has 0 amide bonds. The standard InChI is InChI=1S/C25H30/c1-4-13-25(14-5-2)15-12-22-20(17-25)8-11-23-21-9-6-18(3)16-19(21)7-10-24(22)23/h6-7,9-10,12,15-16H,4-5,8,11,13-14,17H2,1-3H3. The van der Waals surface area contributed by atoms with E-state index in [1.165, 1.54) is 72.4 Å². The van der Waals surface area contributed by atoms with Crippen molar-refractivity contribution in [3.05, 3.63) is 64.7 Å². The van der Waals surface area contributed by atoms with Gasteiger partial charge in [0.1, 0.15) is 0 Å². The van der Waals surface area contributed by atoms with E-state index in [2.05, 4.69) is 63.3 Å². The van der Waals surface area contributed by atoms with Crippen LogP contribution in [0.1, 0.15) is 69.1 Å². The number of benzene rings is 2. The molecule has 0 heterocycles. The van der Waals surface area contributed by atoms with E-state index in [-0.39, 0.29) is 0 Å². The van der Waals surface area contributed by atoms with Gasteiger partial charge in [0.05, 0.1) is 0 Å². The van der Waals surface area contributed by atoms with Crippen molar-refractivity contribution >= 4 is 16.3 Å². The molecule has 0 fully saturated rings. The molecule has 25 heavy (non-hydrogen) atoms. The lowest BCUT2D eigenvalue weighted by molar-refractivity contribution is 0.307. The first kappa shape index (κ1) is 16.6. The van der Waals surface area contributed by atoms with E-state index in [0.717, 1.165) is 0 Å². The molecule has 0 nitrogen and oxygen atoms in total. The van der Waals surface area contributed by atoms with Crippen LogP contribution in [0.25, 0.3) is 16.3 Å². The van der Waals surface area contributed by atoms with E-state index >= 15 is 0 Å². The number of aryl methyl sites for hydroxylation is 2. The Morgan fingerprint density at radius 1 is 0.960 bits per heavy atom. The second-order valence-corrected chi connectivity index (χ2v) is 8.21. The largest absolute Gasteiger partial charge is 0.0774 e. The molecule has 0 aromatic heterocycles. The molecule has 0 atom stereocenters. The fourth-order valence-corrected chi connectivity index (χ4v) is 5.24. The molecule has 130 valence electrons. The van der Waals surface area contributed by atoms with Crippen LogP contribution in [0.4, 0.5) is 0 Å². The van der Waals surface area contributed by atoms with Gasteiger partial charge >= 0.3 is 0 Å². The van der Waals surface area contributed by atoms with Crippen LogP contribution in [0.2, 0.25) is 0 Å². The van der Waals surface area contributed by atoms with Gasteiger partial charge in [0.2, 0.25) is 0 Å². The van der Waals surface area contributed by atoms with Crippen LogP contribution in [0.5, 0.6) is 0 Å². The molecule has 4 rings (SSSR count). The van der Waals surface area contributed by atoms with Crippen LogP contribution >= 0.6 is 0 Å². The zero-order chi connectivity index (χ0) is 17.4. The molecule has 0 radical (unpaired) electrons. The molecule has 0 unspecified atom stereocenters. The van der Waals surface area contributed by atoms with Gasteiger partial charge < -0.3 is 0 Å². The first-order chi connectivity index (χ1) is 12.2. The minimum absolute atomic E-state index is 0.424. The minimum Gasteiger partial charge on any atom is -0.0774 e. The predicted octanol–water partition coefficient (Wildman–Crippen LogP) is 7.39. The molecule has 2 aliphatic carbocycles. The van der Waals surface area contributed by atoms with Crippen molar-refractivity contribution in [3.63, 3.8) is 0 Å². The van der Waals surface area contributed by atoms with Gasteiger partial charge in [0, 0.05) is 0 Å². The summed E-state index contributed by atoms with van der Waals surface area (Å²) in [6.45, 7) is 6.85. The Bertz CT molecular complexity index is 857. The highest BCUT2D eigenvalue weighted by Gasteiger charge is 2.32. The van der Waals surface area contributed by atoms with Crippen LogP contribution in [0, 0.1) is 12.3 Å². The molecule has 2 aromatic carbocycles. The number of rotatable bonds is 4. The van der Waals surface area contributed by atoms with E-state index in [9.17, 15) is 0 Å². The van der Waals surface area contributed by atoms with E-state index in [1.807, 2.05) is 0 Å². The lowest BCUT2D eigenvalue weighted by Gasteiger charge is -2.37. The second-order valence-electron chi connectivity index (χ2n) is 8.21. The number of allylic oxidation sites excluding steroid dienone is 4. The summed E-state index contributed by atoms with van der Waals surface area (Å²) in [5.74, 6) is 0. The lowest BCUT2D eigenvalue weighted by Crippen LogP contribution is -2.23. The van der Waals surface area contributed by atoms with Crippen LogP contribution in [-0.2, 0) is 6.42 Å². The molecule has 2 aliphatic rings. The fraction of sp³-hybridized carbons (Fsp3) is 0.440. The normalized spacial score (nSPS) is 18.4. The zero-order valence-corrected chi connectivity index (χ0v) is 16.0. The highest BCUT2D eigenvalue weighted by Crippen LogP contribution is 2.48. The van der Waals surface area contributed by atoms with Crippen LogP contribution in [-0.4, -0.2) is 0 Å². The Kier molecular flexibility index (Phi) is 4.31. The summed E-state index contributed by atoms with van der Waals surface area (Å²) < 4.78 is 0.